The van der Waals surface area contributed by atoms with Gasteiger partial charge in [-0.15, -0.1) is 0 Å². The minimum absolute atomic E-state index is 0.241. The number of aromatic nitrogens is 2. The number of benzene rings is 1. The molecule has 0 saturated heterocycles. The van der Waals surface area contributed by atoms with Crippen LogP contribution in [-0.2, 0) is 11.6 Å². The Morgan fingerprint density at radius 3 is 2.43 bits per heavy atom. The molecule has 1 aliphatic carbocycles. The van der Waals surface area contributed by atoms with E-state index in [0.717, 1.165) is 36.2 Å². The molecule has 4 nitrogen and oxygen atoms in total. The van der Waals surface area contributed by atoms with E-state index in [-0.39, 0.29) is 17.1 Å². The van der Waals surface area contributed by atoms with Crippen molar-refractivity contribution in [3.63, 3.8) is 0 Å². The summed E-state index contributed by atoms with van der Waals surface area (Å²) in [6, 6.07) is 5.18. The molecule has 3 rings (SSSR count). The van der Waals surface area contributed by atoms with Crippen molar-refractivity contribution in [2.75, 3.05) is 6.54 Å². The Balaban J connectivity index is 1.67. The van der Waals surface area contributed by atoms with Crippen molar-refractivity contribution < 1.29 is 18.0 Å². The number of rotatable bonds is 4. The van der Waals surface area contributed by atoms with Crippen LogP contribution < -0.4 is 5.32 Å². The lowest BCUT2D eigenvalue weighted by Crippen LogP contribution is -2.32. The fourth-order valence-corrected chi connectivity index (χ4v) is 2.59. The van der Waals surface area contributed by atoms with E-state index < -0.39 is 11.7 Å². The minimum atomic E-state index is -4.33. The molecule has 1 aromatic carbocycles. The van der Waals surface area contributed by atoms with Gasteiger partial charge in [0.15, 0.2) is 5.82 Å². The normalized spacial score (nSPS) is 16.2. The molecule has 1 aliphatic rings. The fraction of sp³-hybridized carbons (Fsp3) is 0.375. The van der Waals surface area contributed by atoms with Crippen LogP contribution in [0.1, 0.15) is 40.3 Å². The van der Waals surface area contributed by atoms with Crippen LogP contribution in [0.4, 0.5) is 13.2 Å². The lowest BCUT2D eigenvalue weighted by atomic mass is 9.95. The standard InChI is InChI=1S/C16H16F3N3O/c1-10-8-20-13(22-10)14(23)21-9-15(6-7-15)11-2-4-12(5-3-11)16(17,18)19/h2-5,8H,6-7,9H2,1H3,(H,20,22)(H,21,23). The van der Waals surface area contributed by atoms with Gasteiger partial charge in [0, 0.05) is 23.9 Å². The van der Waals surface area contributed by atoms with Gasteiger partial charge in [0.1, 0.15) is 0 Å². The van der Waals surface area contributed by atoms with Gasteiger partial charge < -0.3 is 10.3 Å². The number of carbonyl (C=O) groups is 1. The number of aryl methyl sites for hydroxylation is 1. The van der Waals surface area contributed by atoms with Crippen molar-refractivity contribution in [1.82, 2.24) is 15.3 Å². The molecule has 1 saturated carbocycles. The third kappa shape index (κ3) is 3.23. The molecule has 0 unspecified atom stereocenters. The van der Waals surface area contributed by atoms with E-state index in [2.05, 4.69) is 15.3 Å². The topological polar surface area (TPSA) is 57.8 Å². The van der Waals surface area contributed by atoms with Crippen LogP contribution in [-0.4, -0.2) is 22.4 Å². The van der Waals surface area contributed by atoms with Gasteiger partial charge in [-0.3, -0.25) is 4.79 Å². The maximum absolute atomic E-state index is 12.6. The van der Waals surface area contributed by atoms with E-state index in [9.17, 15) is 18.0 Å². The van der Waals surface area contributed by atoms with E-state index in [1.807, 2.05) is 0 Å². The Labute approximate surface area is 131 Å². The van der Waals surface area contributed by atoms with Gasteiger partial charge in [0.2, 0.25) is 0 Å². The summed E-state index contributed by atoms with van der Waals surface area (Å²) in [6.07, 6.45) is -1.08. The van der Waals surface area contributed by atoms with Gasteiger partial charge in [-0.2, -0.15) is 13.2 Å². The SMILES string of the molecule is Cc1cnc(C(=O)NCC2(c3ccc(C(F)(F)F)cc3)CC2)[nH]1. The second-order valence-electron chi connectivity index (χ2n) is 5.95. The van der Waals surface area contributed by atoms with Crippen molar-refractivity contribution >= 4 is 5.91 Å². The number of carbonyl (C=O) groups excluding carboxylic acids is 1. The average molecular weight is 323 g/mol. The molecule has 0 aliphatic heterocycles. The minimum Gasteiger partial charge on any atom is -0.348 e. The predicted molar refractivity (Wildman–Crippen MR) is 78.0 cm³/mol. The molecule has 1 aromatic heterocycles. The van der Waals surface area contributed by atoms with E-state index >= 15 is 0 Å². The van der Waals surface area contributed by atoms with E-state index in [1.54, 1.807) is 13.1 Å². The van der Waals surface area contributed by atoms with Crippen molar-refractivity contribution in [2.45, 2.75) is 31.4 Å². The largest absolute Gasteiger partial charge is 0.416 e. The molecule has 7 heteroatoms. The molecule has 1 amide bonds. The molecule has 0 radical (unpaired) electrons. The number of nitrogens with zero attached hydrogens (tertiary/aromatic N) is 1. The zero-order valence-electron chi connectivity index (χ0n) is 12.5. The first-order chi connectivity index (χ1) is 10.8. The van der Waals surface area contributed by atoms with Gasteiger partial charge in [0.25, 0.3) is 5.91 Å². The maximum atomic E-state index is 12.6. The summed E-state index contributed by atoms with van der Waals surface area (Å²) in [4.78, 5) is 18.8. The van der Waals surface area contributed by atoms with Crippen LogP contribution in [0.3, 0.4) is 0 Å². The second-order valence-corrected chi connectivity index (χ2v) is 5.95. The van der Waals surface area contributed by atoms with Crippen LogP contribution in [0, 0.1) is 6.92 Å². The van der Waals surface area contributed by atoms with Crippen molar-refractivity contribution in [1.29, 1.82) is 0 Å². The Morgan fingerprint density at radius 2 is 1.96 bits per heavy atom. The predicted octanol–water partition coefficient (Wildman–Crippen LogP) is 3.20. The first kappa shape index (κ1) is 15.6. The van der Waals surface area contributed by atoms with Gasteiger partial charge in [-0.1, -0.05) is 12.1 Å². The highest BCUT2D eigenvalue weighted by atomic mass is 19.4. The van der Waals surface area contributed by atoms with Crippen LogP contribution in [0.2, 0.25) is 0 Å². The molecule has 0 atom stereocenters. The Morgan fingerprint density at radius 1 is 1.30 bits per heavy atom. The Hall–Kier alpha value is -2.31. The number of hydrogen-bond acceptors (Lipinski definition) is 2. The molecular weight excluding hydrogens is 307 g/mol. The molecule has 0 bridgehead atoms. The zero-order valence-corrected chi connectivity index (χ0v) is 12.5. The summed E-state index contributed by atoms with van der Waals surface area (Å²) >= 11 is 0. The zero-order chi connectivity index (χ0) is 16.7. The highest BCUT2D eigenvalue weighted by Crippen LogP contribution is 2.48. The number of halogens is 3. The number of aromatic amines is 1. The van der Waals surface area contributed by atoms with Crippen molar-refractivity contribution in [2.24, 2.45) is 0 Å². The maximum Gasteiger partial charge on any atom is 0.416 e. The quantitative estimate of drug-likeness (QED) is 0.908. The summed E-state index contributed by atoms with van der Waals surface area (Å²) in [7, 11) is 0. The summed E-state index contributed by atoms with van der Waals surface area (Å²) in [5, 5.41) is 2.80. The van der Waals surface area contributed by atoms with E-state index in [0.29, 0.717) is 6.54 Å². The molecule has 122 valence electrons. The van der Waals surface area contributed by atoms with Crippen LogP contribution >= 0.6 is 0 Å². The third-order valence-electron chi connectivity index (χ3n) is 4.18. The monoisotopic (exact) mass is 323 g/mol. The van der Waals surface area contributed by atoms with Gasteiger partial charge in [-0.25, -0.2) is 4.98 Å². The van der Waals surface area contributed by atoms with Crippen molar-refractivity contribution in [3.8, 4) is 0 Å². The molecule has 2 aromatic rings. The lowest BCUT2D eigenvalue weighted by Gasteiger charge is -2.17. The molecule has 0 spiro atoms. The second kappa shape index (κ2) is 5.40. The molecule has 23 heavy (non-hydrogen) atoms. The van der Waals surface area contributed by atoms with Crippen LogP contribution in [0.5, 0.6) is 0 Å². The highest BCUT2D eigenvalue weighted by Gasteiger charge is 2.44. The highest BCUT2D eigenvalue weighted by molar-refractivity contribution is 5.90. The number of nitrogens with one attached hydrogen (secondary N) is 2. The number of hydrogen-bond donors (Lipinski definition) is 2. The number of imidazole rings is 1. The lowest BCUT2D eigenvalue weighted by molar-refractivity contribution is -0.137. The number of amides is 1. The average Bonchev–Trinajstić information content (AvgIpc) is 3.18. The summed E-state index contributed by atoms with van der Waals surface area (Å²) in [5.74, 6) is -0.0676. The van der Waals surface area contributed by atoms with E-state index in [1.165, 1.54) is 12.1 Å². The molecule has 2 N–H and O–H groups in total. The summed E-state index contributed by atoms with van der Waals surface area (Å²) < 4.78 is 37.8. The molecule has 1 heterocycles. The van der Waals surface area contributed by atoms with E-state index in [4.69, 9.17) is 0 Å². The van der Waals surface area contributed by atoms with Crippen LogP contribution in [0.25, 0.3) is 0 Å². The number of H-pyrrole nitrogens is 1. The smallest absolute Gasteiger partial charge is 0.348 e. The first-order valence-corrected chi connectivity index (χ1v) is 7.28. The fourth-order valence-electron chi connectivity index (χ4n) is 2.59. The molecular formula is C16H16F3N3O. The number of alkyl halides is 3. The third-order valence-corrected chi connectivity index (χ3v) is 4.18. The first-order valence-electron chi connectivity index (χ1n) is 7.28. The molecule has 1 fully saturated rings. The van der Waals surface area contributed by atoms with Crippen molar-refractivity contribution in [3.05, 3.63) is 53.1 Å². The van der Waals surface area contributed by atoms with Gasteiger partial charge in [-0.05, 0) is 37.5 Å². The van der Waals surface area contributed by atoms with Gasteiger partial charge >= 0.3 is 6.18 Å². The van der Waals surface area contributed by atoms with Crippen LogP contribution in [0.15, 0.2) is 30.5 Å². The Kier molecular flexibility index (Phi) is 3.66. The van der Waals surface area contributed by atoms with Gasteiger partial charge in [0.05, 0.1) is 5.56 Å². The summed E-state index contributed by atoms with van der Waals surface area (Å²) in [6.45, 7) is 2.19. The Bertz CT molecular complexity index is 715. The summed E-state index contributed by atoms with van der Waals surface area (Å²) in [5.41, 5.74) is 0.689.